The van der Waals surface area contributed by atoms with Gasteiger partial charge < -0.3 is 10.2 Å². The van der Waals surface area contributed by atoms with Crippen LogP contribution in [0.3, 0.4) is 0 Å². The predicted octanol–water partition coefficient (Wildman–Crippen LogP) is 2.52. The molecule has 0 heterocycles. The van der Waals surface area contributed by atoms with E-state index >= 15 is 0 Å². The van der Waals surface area contributed by atoms with Crippen LogP contribution >= 0.6 is 11.6 Å². The Morgan fingerprint density at radius 1 is 1.44 bits per heavy atom. The first kappa shape index (κ1) is 13.4. The van der Waals surface area contributed by atoms with Gasteiger partial charge in [0.1, 0.15) is 5.82 Å². The van der Waals surface area contributed by atoms with E-state index in [1.165, 1.54) is 6.07 Å². The van der Waals surface area contributed by atoms with Crippen molar-refractivity contribution in [2.24, 2.45) is 0 Å². The number of benzene rings is 1. The number of halogens is 2. The second-order valence-corrected chi connectivity index (χ2v) is 4.65. The Hall–Kier alpha value is -0.640. The topological polar surface area (TPSA) is 15.3 Å². The molecule has 1 N–H and O–H groups in total. The number of hydrogen-bond acceptors (Lipinski definition) is 2. The van der Waals surface area contributed by atoms with Gasteiger partial charge in [-0.15, -0.1) is 0 Å². The molecule has 16 heavy (non-hydrogen) atoms. The highest BCUT2D eigenvalue weighted by Gasteiger charge is 2.08. The lowest BCUT2D eigenvalue weighted by Gasteiger charge is -2.18. The fourth-order valence-electron chi connectivity index (χ4n) is 1.59. The molecule has 1 aromatic rings. The van der Waals surface area contributed by atoms with Gasteiger partial charge in [0.25, 0.3) is 0 Å². The van der Waals surface area contributed by atoms with E-state index in [-0.39, 0.29) is 5.82 Å². The van der Waals surface area contributed by atoms with Crippen LogP contribution < -0.4 is 5.32 Å². The van der Waals surface area contributed by atoms with Crippen LogP contribution in [0.5, 0.6) is 0 Å². The number of nitrogens with zero attached hydrogens (tertiary/aromatic N) is 1. The molecule has 90 valence electrons. The van der Waals surface area contributed by atoms with Gasteiger partial charge in [0.15, 0.2) is 0 Å². The molecule has 0 amide bonds. The molecule has 0 aliphatic carbocycles. The summed E-state index contributed by atoms with van der Waals surface area (Å²) >= 11 is 5.93. The monoisotopic (exact) mass is 244 g/mol. The molecular weight excluding hydrogens is 227 g/mol. The van der Waals surface area contributed by atoms with E-state index in [1.807, 2.05) is 14.1 Å². The van der Waals surface area contributed by atoms with E-state index in [2.05, 4.69) is 17.1 Å². The van der Waals surface area contributed by atoms with Crippen molar-refractivity contribution in [3.8, 4) is 0 Å². The van der Waals surface area contributed by atoms with Crippen molar-refractivity contribution in [3.05, 3.63) is 34.6 Å². The maximum absolute atomic E-state index is 13.4. The molecule has 0 aliphatic rings. The van der Waals surface area contributed by atoms with Gasteiger partial charge in [-0.25, -0.2) is 4.39 Å². The van der Waals surface area contributed by atoms with Gasteiger partial charge in [-0.1, -0.05) is 17.7 Å². The lowest BCUT2D eigenvalue weighted by molar-refractivity contribution is 0.348. The number of nitrogens with one attached hydrogen (secondary N) is 1. The molecule has 1 rings (SSSR count). The summed E-state index contributed by atoms with van der Waals surface area (Å²) < 4.78 is 13.4. The van der Waals surface area contributed by atoms with E-state index in [4.69, 9.17) is 11.6 Å². The van der Waals surface area contributed by atoms with Crippen LogP contribution in [0.2, 0.25) is 5.02 Å². The second kappa shape index (κ2) is 6.18. The van der Waals surface area contributed by atoms with Crippen molar-refractivity contribution >= 4 is 11.6 Å². The standard InChI is InChI=1S/C12H18ClFN2/c1-9(8-16(2)3)15-7-10-11(13)5-4-6-12(10)14/h4-6,9,15H,7-8H2,1-3H3. The second-order valence-electron chi connectivity index (χ2n) is 4.24. The zero-order valence-corrected chi connectivity index (χ0v) is 10.7. The Morgan fingerprint density at radius 2 is 2.12 bits per heavy atom. The molecule has 0 saturated heterocycles. The third-order valence-corrected chi connectivity index (χ3v) is 2.68. The molecule has 1 aromatic carbocycles. The molecule has 0 aliphatic heterocycles. The first-order chi connectivity index (χ1) is 7.50. The van der Waals surface area contributed by atoms with E-state index in [1.54, 1.807) is 12.1 Å². The predicted molar refractivity (Wildman–Crippen MR) is 66.3 cm³/mol. The Bertz CT molecular complexity index is 322. The summed E-state index contributed by atoms with van der Waals surface area (Å²) in [6.07, 6.45) is 0. The summed E-state index contributed by atoms with van der Waals surface area (Å²) in [5, 5.41) is 3.72. The van der Waals surface area contributed by atoms with Crippen molar-refractivity contribution in [2.45, 2.75) is 19.5 Å². The maximum atomic E-state index is 13.4. The van der Waals surface area contributed by atoms with Gasteiger partial charge in [0.2, 0.25) is 0 Å². The fraction of sp³-hybridized carbons (Fsp3) is 0.500. The zero-order chi connectivity index (χ0) is 12.1. The number of likely N-dealkylation sites (N-methyl/N-ethyl adjacent to an activating group) is 1. The first-order valence-corrected chi connectivity index (χ1v) is 5.69. The summed E-state index contributed by atoms with van der Waals surface area (Å²) in [5.41, 5.74) is 0.537. The Kier molecular flexibility index (Phi) is 5.19. The van der Waals surface area contributed by atoms with Crippen molar-refractivity contribution in [1.82, 2.24) is 10.2 Å². The average molecular weight is 245 g/mol. The highest BCUT2D eigenvalue weighted by molar-refractivity contribution is 6.31. The summed E-state index contributed by atoms with van der Waals surface area (Å²) in [7, 11) is 4.02. The third kappa shape index (κ3) is 4.08. The van der Waals surface area contributed by atoms with E-state index in [9.17, 15) is 4.39 Å². The molecule has 0 spiro atoms. The molecule has 1 atom stereocenters. The van der Waals surface area contributed by atoms with Crippen molar-refractivity contribution in [1.29, 1.82) is 0 Å². The fourth-order valence-corrected chi connectivity index (χ4v) is 1.82. The van der Waals surface area contributed by atoms with Crippen LogP contribution in [0.4, 0.5) is 4.39 Å². The molecule has 4 heteroatoms. The van der Waals surface area contributed by atoms with Gasteiger partial charge >= 0.3 is 0 Å². The minimum atomic E-state index is -0.253. The largest absolute Gasteiger partial charge is 0.309 e. The lowest BCUT2D eigenvalue weighted by atomic mass is 10.2. The van der Waals surface area contributed by atoms with Gasteiger partial charge in [-0.05, 0) is 33.2 Å². The van der Waals surface area contributed by atoms with Crippen molar-refractivity contribution in [2.75, 3.05) is 20.6 Å². The van der Waals surface area contributed by atoms with Crippen molar-refractivity contribution in [3.63, 3.8) is 0 Å². The summed E-state index contributed by atoms with van der Waals surface area (Å²) in [6, 6.07) is 5.05. The number of rotatable bonds is 5. The molecule has 0 radical (unpaired) electrons. The van der Waals surface area contributed by atoms with Gasteiger partial charge in [0, 0.05) is 29.7 Å². The normalized spacial score (nSPS) is 13.1. The molecule has 0 fully saturated rings. The summed E-state index contributed by atoms with van der Waals surface area (Å²) in [4.78, 5) is 2.08. The minimum Gasteiger partial charge on any atom is -0.309 e. The Balaban J connectivity index is 2.54. The Labute approximate surface area is 101 Å². The summed E-state index contributed by atoms with van der Waals surface area (Å²) in [5.74, 6) is -0.253. The first-order valence-electron chi connectivity index (χ1n) is 5.31. The Morgan fingerprint density at radius 3 is 2.69 bits per heavy atom. The quantitative estimate of drug-likeness (QED) is 0.856. The lowest BCUT2D eigenvalue weighted by Crippen LogP contribution is -2.35. The average Bonchev–Trinajstić information content (AvgIpc) is 2.15. The van der Waals surface area contributed by atoms with E-state index in [0.717, 1.165) is 6.54 Å². The van der Waals surface area contributed by atoms with Crippen LogP contribution in [-0.4, -0.2) is 31.6 Å². The highest BCUT2D eigenvalue weighted by Crippen LogP contribution is 2.18. The van der Waals surface area contributed by atoms with Gasteiger partial charge in [0.05, 0.1) is 0 Å². The SMILES string of the molecule is CC(CN(C)C)NCc1c(F)cccc1Cl. The molecule has 0 aromatic heterocycles. The molecular formula is C12H18ClFN2. The molecule has 0 saturated carbocycles. The zero-order valence-electron chi connectivity index (χ0n) is 9.93. The van der Waals surface area contributed by atoms with Crippen LogP contribution in [0.25, 0.3) is 0 Å². The van der Waals surface area contributed by atoms with E-state index < -0.39 is 0 Å². The molecule has 1 unspecified atom stereocenters. The van der Waals surface area contributed by atoms with Crippen LogP contribution in [-0.2, 0) is 6.54 Å². The molecule has 2 nitrogen and oxygen atoms in total. The number of hydrogen-bond donors (Lipinski definition) is 1. The maximum Gasteiger partial charge on any atom is 0.129 e. The highest BCUT2D eigenvalue weighted by atomic mass is 35.5. The van der Waals surface area contributed by atoms with Crippen molar-refractivity contribution < 1.29 is 4.39 Å². The van der Waals surface area contributed by atoms with Crippen LogP contribution in [0.1, 0.15) is 12.5 Å². The van der Waals surface area contributed by atoms with Gasteiger partial charge in [-0.2, -0.15) is 0 Å². The minimum absolute atomic E-state index is 0.253. The van der Waals surface area contributed by atoms with E-state index in [0.29, 0.717) is 23.2 Å². The molecule has 0 bridgehead atoms. The van der Waals surface area contributed by atoms with Crippen LogP contribution in [0.15, 0.2) is 18.2 Å². The third-order valence-electron chi connectivity index (χ3n) is 2.33. The summed E-state index contributed by atoms with van der Waals surface area (Å²) in [6.45, 7) is 3.43. The smallest absolute Gasteiger partial charge is 0.129 e. The van der Waals surface area contributed by atoms with Crippen LogP contribution in [0, 0.1) is 5.82 Å². The van der Waals surface area contributed by atoms with Gasteiger partial charge in [-0.3, -0.25) is 0 Å².